The number of para-hydroxylation sites is 1. The van der Waals surface area contributed by atoms with Gasteiger partial charge in [0.2, 0.25) is 10.0 Å². The minimum atomic E-state index is -3.91. The quantitative estimate of drug-likeness (QED) is 0.433. The van der Waals surface area contributed by atoms with Crippen molar-refractivity contribution in [2.45, 2.75) is 44.7 Å². The topological polar surface area (TPSA) is 108 Å². The number of primary sulfonamides is 1. The zero-order valence-electron chi connectivity index (χ0n) is 18.2. The average molecular weight is 435 g/mol. The summed E-state index contributed by atoms with van der Waals surface area (Å²) in [5.74, 6) is 0. The van der Waals surface area contributed by atoms with E-state index in [-0.39, 0.29) is 10.9 Å². The number of hydrogen-bond acceptors (Lipinski definition) is 6. The summed E-state index contributed by atoms with van der Waals surface area (Å²) < 4.78 is 24.2. The van der Waals surface area contributed by atoms with Gasteiger partial charge in [0, 0.05) is 37.9 Å². The van der Waals surface area contributed by atoms with Gasteiger partial charge in [-0.1, -0.05) is 24.3 Å². The normalized spacial score (nSPS) is 13.7. The Morgan fingerprint density at radius 2 is 1.77 bits per heavy atom. The predicted molar refractivity (Wildman–Crippen MR) is 123 cm³/mol. The molecule has 0 aliphatic heterocycles. The first-order valence-electron chi connectivity index (χ1n) is 10.3. The van der Waals surface area contributed by atoms with Gasteiger partial charge >= 0.3 is 0 Å². The number of nitrogens with two attached hydrogens (primary N) is 1. The van der Waals surface area contributed by atoms with E-state index in [0.717, 1.165) is 5.69 Å². The van der Waals surface area contributed by atoms with Crippen LogP contribution in [0.1, 0.15) is 38.0 Å². The molecule has 2 aromatic rings. The third kappa shape index (κ3) is 6.43. The van der Waals surface area contributed by atoms with Gasteiger partial charge in [-0.25, -0.2) is 13.6 Å². The molecule has 0 aromatic heterocycles. The van der Waals surface area contributed by atoms with Crippen molar-refractivity contribution >= 4 is 21.4 Å². The molecule has 0 radical (unpaired) electrons. The number of sulfonamides is 1. The van der Waals surface area contributed by atoms with Crippen molar-refractivity contribution in [1.82, 2.24) is 5.32 Å². The van der Waals surface area contributed by atoms with Crippen LogP contribution in [-0.4, -0.2) is 45.7 Å². The molecule has 5 N–H and O–H groups in total. The summed E-state index contributed by atoms with van der Waals surface area (Å²) in [7, 11) is -3.91. The van der Waals surface area contributed by atoms with Gasteiger partial charge in [-0.3, -0.25) is 0 Å². The van der Waals surface area contributed by atoms with Gasteiger partial charge in [-0.2, -0.15) is 0 Å². The van der Waals surface area contributed by atoms with Crippen LogP contribution in [-0.2, 0) is 10.0 Å². The van der Waals surface area contributed by atoms with Crippen LogP contribution in [0.4, 0.5) is 11.4 Å². The molecule has 0 aliphatic rings. The van der Waals surface area contributed by atoms with Crippen LogP contribution in [0, 0.1) is 6.92 Å². The monoisotopic (exact) mass is 434 g/mol. The lowest BCUT2D eigenvalue weighted by molar-refractivity contribution is 0.171. The number of aryl methyl sites for hydroxylation is 1. The molecule has 30 heavy (non-hydrogen) atoms. The molecule has 0 fully saturated rings. The number of hydrogen-bond donors (Lipinski definition) is 4. The maximum atomic E-state index is 12.1. The number of rotatable bonds is 11. The third-order valence-electron chi connectivity index (χ3n) is 5.18. The standard InChI is InChI=1S/C22H34N4O3S/c1-5-26(6-2)20-12-11-18(13-22(20)30(23,28)29)21(27)15-24-17(4)14-25-19-10-8-7-9-16(19)3/h7-13,17,21,24-25,27H,5-6,14-15H2,1-4H3,(H2,23,28,29). The van der Waals surface area contributed by atoms with E-state index >= 15 is 0 Å². The largest absolute Gasteiger partial charge is 0.387 e. The van der Waals surface area contributed by atoms with Crippen LogP contribution >= 0.6 is 0 Å². The highest BCUT2D eigenvalue weighted by Gasteiger charge is 2.20. The molecule has 7 nitrogen and oxygen atoms in total. The molecule has 0 saturated carbocycles. The number of benzene rings is 2. The molecular weight excluding hydrogens is 400 g/mol. The molecule has 2 aromatic carbocycles. The second-order valence-corrected chi connectivity index (χ2v) is 9.00. The Morgan fingerprint density at radius 1 is 1.10 bits per heavy atom. The zero-order valence-corrected chi connectivity index (χ0v) is 19.0. The van der Waals surface area contributed by atoms with Gasteiger partial charge in [0.25, 0.3) is 0 Å². The van der Waals surface area contributed by atoms with Gasteiger partial charge in [0.15, 0.2) is 0 Å². The third-order valence-corrected chi connectivity index (χ3v) is 6.12. The minimum absolute atomic E-state index is 0.0389. The first kappa shape index (κ1) is 24.1. The van der Waals surface area contributed by atoms with Crippen molar-refractivity contribution in [2.24, 2.45) is 5.14 Å². The molecule has 2 rings (SSSR count). The van der Waals surface area contributed by atoms with E-state index < -0.39 is 16.1 Å². The van der Waals surface area contributed by atoms with Crippen molar-refractivity contribution in [3.63, 3.8) is 0 Å². The molecule has 0 heterocycles. The second-order valence-electron chi connectivity index (χ2n) is 7.47. The molecule has 0 amide bonds. The fourth-order valence-corrected chi connectivity index (χ4v) is 4.12. The second kappa shape index (κ2) is 10.8. The zero-order chi connectivity index (χ0) is 22.3. The fourth-order valence-electron chi connectivity index (χ4n) is 3.33. The lowest BCUT2D eigenvalue weighted by Gasteiger charge is -2.25. The number of anilines is 2. The summed E-state index contributed by atoms with van der Waals surface area (Å²) in [5, 5.41) is 22.7. The maximum Gasteiger partial charge on any atom is 0.240 e. The van der Waals surface area contributed by atoms with E-state index in [1.165, 1.54) is 11.6 Å². The Hall–Kier alpha value is -2.13. The molecule has 0 spiro atoms. The Morgan fingerprint density at radius 3 is 2.37 bits per heavy atom. The highest BCUT2D eigenvalue weighted by atomic mass is 32.2. The summed E-state index contributed by atoms with van der Waals surface area (Å²) in [6.07, 6.45) is -0.850. The van der Waals surface area contributed by atoms with Crippen LogP contribution in [0.3, 0.4) is 0 Å². The van der Waals surface area contributed by atoms with Crippen LogP contribution in [0.2, 0.25) is 0 Å². The number of aliphatic hydroxyl groups excluding tert-OH is 1. The van der Waals surface area contributed by atoms with E-state index in [1.54, 1.807) is 12.1 Å². The van der Waals surface area contributed by atoms with E-state index in [2.05, 4.69) is 23.6 Å². The summed E-state index contributed by atoms with van der Waals surface area (Å²) in [6.45, 7) is 10.3. The van der Waals surface area contributed by atoms with Gasteiger partial charge in [0.05, 0.1) is 11.8 Å². The number of nitrogens with one attached hydrogen (secondary N) is 2. The fraction of sp³-hybridized carbons (Fsp3) is 0.455. The van der Waals surface area contributed by atoms with Crippen molar-refractivity contribution < 1.29 is 13.5 Å². The summed E-state index contributed by atoms with van der Waals surface area (Å²) in [4.78, 5) is 1.96. The van der Waals surface area contributed by atoms with Crippen LogP contribution in [0.15, 0.2) is 47.4 Å². The van der Waals surface area contributed by atoms with Crippen LogP contribution in [0.5, 0.6) is 0 Å². The van der Waals surface area contributed by atoms with Crippen molar-refractivity contribution in [1.29, 1.82) is 0 Å². The van der Waals surface area contributed by atoms with Crippen LogP contribution < -0.4 is 20.7 Å². The lowest BCUT2D eigenvalue weighted by atomic mass is 10.1. The molecule has 0 bridgehead atoms. The summed E-state index contributed by atoms with van der Waals surface area (Å²) >= 11 is 0. The first-order chi connectivity index (χ1) is 14.2. The maximum absolute atomic E-state index is 12.1. The van der Waals surface area contributed by atoms with Crippen molar-refractivity contribution in [3.05, 3.63) is 53.6 Å². The molecule has 0 saturated heterocycles. The Labute approximate surface area is 180 Å². The Bertz CT molecular complexity index is 930. The van der Waals surface area contributed by atoms with E-state index in [4.69, 9.17) is 5.14 Å². The molecule has 2 unspecified atom stereocenters. The molecule has 2 atom stereocenters. The van der Waals surface area contributed by atoms with Gasteiger partial charge < -0.3 is 20.6 Å². The van der Waals surface area contributed by atoms with Gasteiger partial charge in [-0.05, 0) is 57.0 Å². The van der Waals surface area contributed by atoms with Gasteiger partial charge in [-0.15, -0.1) is 0 Å². The highest BCUT2D eigenvalue weighted by molar-refractivity contribution is 7.89. The minimum Gasteiger partial charge on any atom is -0.387 e. The SMILES string of the molecule is CCN(CC)c1ccc(C(O)CNC(C)CNc2ccccc2C)cc1S(N)(=O)=O. The van der Waals surface area contributed by atoms with Crippen molar-refractivity contribution in [2.75, 3.05) is 36.4 Å². The average Bonchev–Trinajstić information content (AvgIpc) is 2.71. The Kier molecular flexibility index (Phi) is 8.66. The van der Waals surface area contributed by atoms with Crippen LogP contribution in [0.25, 0.3) is 0 Å². The first-order valence-corrected chi connectivity index (χ1v) is 11.8. The van der Waals surface area contributed by atoms with E-state index in [9.17, 15) is 13.5 Å². The summed E-state index contributed by atoms with van der Waals surface area (Å²) in [5.41, 5.74) is 3.33. The van der Waals surface area contributed by atoms with Gasteiger partial charge in [0.1, 0.15) is 4.90 Å². The van der Waals surface area contributed by atoms with E-state index in [1.807, 2.05) is 43.9 Å². The molecule has 8 heteroatoms. The summed E-state index contributed by atoms with van der Waals surface area (Å²) in [6, 6.07) is 13.1. The molecule has 0 aliphatic carbocycles. The lowest BCUT2D eigenvalue weighted by Crippen LogP contribution is -2.35. The molecule has 166 valence electrons. The number of nitrogens with zero attached hydrogens (tertiary/aromatic N) is 1. The molecular formula is C22H34N4O3S. The van der Waals surface area contributed by atoms with E-state index in [0.29, 0.717) is 37.4 Å². The van der Waals surface area contributed by atoms with Crippen molar-refractivity contribution in [3.8, 4) is 0 Å². The smallest absolute Gasteiger partial charge is 0.240 e. The Balaban J connectivity index is 2.04. The predicted octanol–water partition coefficient (Wildman–Crippen LogP) is 2.61. The number of aliphatic hydroxyl groups is 1. The highest BCUT2D eigenvalue weighted by Crippen LogP contribution is 2.28.